The smallest absolute Gasteiger partial charge is 0.267 e. The minimum Gasteiger partial charge on any atom is -0.394 e. The Balaban J connectivity index is 2.98. The summed E-state index contributed by atoms with van der Waals surface area (Å²) in [7, 11) is 0. The topological polar surface area (TPSA) is 85.2 Å². The van der Waals surface area contributed by atoms with Crippen LogP contribution in [0.25, 0.3) is 0 Å². The molecule has 3 N–H and O–H groups in total. The monoisotopic (exact) mass is 315 g/mol. The van der Waals surface area contributed by atoms with Crippen molar-refractivity contribution in [3.05, 3.63) is 41.1 Å². The average Bonchev–Trinajstić information content (AvgIpc) is 2.53. The van der Waals surface area contributed by atoms with Gasteiger partial charge in [0.05, 0.1) is 6.61 Å². The SMILES string of the molecule is CCC(CO)N/C=C(/C#N)C(=O)Nc1c(C)cccc1C(C)C. The highest BCUT2D eigenvalue weighted by molar-refractivity contribution is 6.07. The molecule has 1 atom stereocenters. The molecule has 1 amide bonds. The molecule has 5 nitrogen and oxygen atoms in total. The van der Waals surface area contributed by atoms with Crippen LogP contribution in [0.1, 0.15) is 44.2 Å². The number of benzene rings is 1. The summed E-state index contributed by atoms with van der Waals surface area (Å²) in [6.07, 6.45) is 2.07. The maximum atomic E-state index is 12.4. The van der Waals surface area contributed by atoms with Gasteiger partial charge >= 0.3 is 0 Å². The van der Waals surface area contributed by atoms with Crippen LogP contribution in [0.15, 0.2) is 30.0 Å². The summed E-state index contributed by atoms with van der Waals surface area (Å²) < 4.78 is 0. The highest BCUT2D eigenvalue weighted by Crippen LogP contribution is 2.27. The van der Waals surface area contributed by atoms with Crippen LogP contribution < -0.4 is 10.6 Å². The lowest BCUT2D eigenvalue weighted by Gasteiger charge is -2.16. The van der Waals surface area contributed by atoms with Crippen molar-refractivity contribution in [3.63, 3.8) is 0 Å². The lowest BCUT2D eigenvalue weighted by atomic mass is 9.98. The van der Waals surface area contributed by atoms with Crippen LogP contribution in [0.5, 0.6) is 0 Å². The molecule has 0 radical (unpaired) electrons. The van der Waals surface area contributed by atoms with Gasteiger partial charge in [0.1, 0.15) is 11.6 Å². The summed E-state index contributed by atoms with van der Waals surface area (Å²) in [6, 6.07) is 7.58. The van der Waals surface area contributed by atoms with Crippen LogP contribution in [-0.2, 0) is 4.79 Å². The molecule has 0 saturated heterocycles. The third kappa shape index (κ3) is 5.11. The molecule has 0 spiro atoms. The number of aliphatic hydroxyl groups excluding tert-OH is 1. The molecule has 1 unspecified atom stereocenters. The van der Waals surface area contributed by atoms with E-state index >= 15 is 0 Å². The van der Waals surface area contributed by atoms with Crippen molar-refractivity contribution in [2.75, 3.05) is 11.9 Å². The van der Waals surface area contributed by atoms with Gasteiger partial charge in [0, 0.05) is 17.9 Å². The van der Waals surface area contributed by atoms with Crippen LogP contribution in [0.3, 0.4) is 0 Å². The lowest BCUT2D eigenvalue weighted by molar-refractivity contribution is -0.112. The predicted molar refractivity (Wildman–Crippen MR) is 91.9 cm³/mol. The fraction of sp³-hybridized carbons (Fsp3) is 0.444. The molecule has 1 aromatic rings. The first-order chi connectivity index (χ1) is 10.9. The number of carbonyl (C=O) groups excluding carboxylic acids is 1. The van der Waals surface area contributed by atoms with Crippen molar-refractivity contribution in [3.8, 4) is 6.07 Å². The van der Waals surface area contributed by atoms with E-state index in [2.05, 4.69) is 24.5 Å². The molecule has 0 aliphatic rings. The molecule has 5 heteroatoms. The van der Waals surface area contributed by atoms with Crippen molar-refractivity contribution in [1.29, 1.82) is 5.26 Å². The highest BCUT2D eigenvalue weighted by atomic mass is 16.3. The Hall–Kier alpha value is -2.32. The number of nitrogens with one attached hydrogen (secondary N) is 2. The molecule has 0 aromatic heterocycles. The van der Waals surface area contributed by atoms with Crippen molar-refractivity contribution in [2.24, 2.45) is 0 Å². The van der Waals surface area contributed by atoms with Crippen LogP contribution in [0, 0.1) is 18.3 Å². The quantitative estimate of drug-likeness (QED) is 0.533. The van der Waals surface area contributed by atoms with Gasteiger partial charge in [0.2, 0.25) is 0 Å². The largest absolute Gasteiger partial charge is 0.394 e. The van der Waals surface area contributed by atoms with Gasteiger partial charge in [-0.25, -0.2) is 0 Å². The standard InChI is InChI=1S/C18H25N3O2/c1-5-15(11-22)20-10-14(9-19)18(23)21-17-13(4)7-6-8-16(17)12(2)3/h6-8,10,12,15,20,22H,5,11H2,1-4H3,(H,21,23)/b14-10-. The van der Waals surface area contributed by atoms with E-state index in [9.17, 15) is 10.1 Å². The van der Waals surface area contributed by atoms with Crippen molar-refractivity contribution >= 4 is 11.6 Å². The van der Waals surface area contributed by atoms with Crippen LogP contribution in [0.2, 0.25) is 0 Å². The van der Waals surface area contributed by atoms with E-state index < -0.39 is 5.91 Å². The molecule has 23 heavy (non-hydrogen) atoms. The summed E-state index contributed by atoms with van der Waals surface area (Å²) in [4.78, 5) is 12.4. The number of nitriles is 1. The molecule has 0 saturated carbocycles. The molecule has 0 fully saturated rings. The average molecular weight is 315 g/mol. The number of nitrogens with zero attached hydrogens (tertiary/aromatic N) is 1. The number of carbonyl (C=O) groups is 1. The Morgan fingerprint density at radius 2 is 2.13 bits per heavy atom. The first kappa shape index (κ1) is 18.7. The molecule has 0 heterocycles. The van der Waals surface area contributed by atoms with Gasteiger partial charge in [-0.15, -0.1) is 0 Å². The summed E-state index contributed by atoms with van der Waals surface area (Å²) in [5, 5.41) is 24.1. The fourth-order valence-corrected chi connectivity index (χ4v) is 2.17. The van der Waals surface area contributed by atoms with Gasteiger partial charge < -0.3 is 15.7 Å². The molecule has 0 aliphatic carbocycles. The van der Waals surface area contributed by atoms with E-state index in [4.69, 9.17) is 5.11 Å². The summed E-state index contributed by atoms with van der Waals surface area (Å²) in [5.41, 5.74) is 2.72. The molecular weight excluding hydrogens is 290 g/mol. The molecular formula is C18H25N3O2. The number of amides is 1. The molecule has 1 rings (SSSR count). The number of aryl methyl sites for hydroxylation is 1. The second-order valence-electron chi connectivity index (χ2n) is 5.77. The van der Waals surface area contributed by atoms with Crippen molar-refractivity contribution in [2.45, 2.75) is 46.1 Å². The maximum absolute atomic E-state index is 12.4. The van der Waals surface area contributed by atoms with Crippen molar-refractivity contribution in [1.82, 2.24) is 5.32 Å². The Morgan fingerprint density at radius 1 is 1.43 bits per heavy atom. The number of hydrogen-bond donors (Lipinski definition) is 3. The number of aliphatic hydroxyl groups is 1. The molecule has 0 aliphatic heterocycles. The Labute approximate surface area is 138 Å². The number of hydrogen-bond acceptors (Lipinski definition) is 4. The molecule has 0 bridgehead atoms. The van der Waals surface area contributed by atoms with Gasteiger partial charge in [-0.3, -0.25) is 4.79 Å². The molecule has 124 valence electrons. The van der Waals surface area contributed by atoms with E-state index in [0.717, 1.165) is 16.8 Å². The van der Waals surface area contributed by atoms with Gasteiger partial charge in [0.25, 0.3) is 5.91 Å². The second-order valence-corrected chi connectivity index (χ2v) is 5.77. The van der Waals surface area contributed by atoms with Gasteiger partial charge in [0.15, 0.2) is 0 Å². The first-order valence-corrected chi connectivity index (χ1v) is 7.82. The van der Waals surface area contributed by atoms with E-state index in [1.807, 2.05) is 38.1 Å². The van der Waals surface area contributed by atoms with Gasteiger partial charge in [-0.05, 0) is 30.4 Å². The minimum absolute atomic E-state index is 0.0186. The zero-order valence-corrected chi connectivity index (χ0v) is 14.2. The zero-order chi connectivity index (χ0) is 17.4. The third-order valence-corrected chi connectivity index (χ3v) is 3.71. The summed E-state index contributed by atoms with van der Waals surface area (Å²) in [6.45, 7) is 7.90. The Bertz CT molecular complexity index is 611. The maximum Gasteiger partial charge on any atom is 0.267 e. The van der Waals surface area contributed by atoms with Crippen LogP contribution in [-0.4, -0.2) is 23.7 Å². The summed E-state index contributed by atoms with van der Waals surface area (Å²) in [5.74, 6) is -0.194. The third-order valence-electron chi connectivity index (χ3n) is 3.71. The predicted octanol–water partition coefficient (Wildman–Crippen LogP) is 2.82. The van der Waals surface area contributed by atoms with Gasteiger partial charge in [-0.1, -0.05) is 39.0 Å². The summed E-state index contributed by atoms with van der Waals surface area (Å²) >= 11 is 0. The number of anilines is 1. The Kier molecular flexibility index (Phi) is 7.30. The van der Waals surface area contributed by atoms with Crippen LogP contribution >= 0.6 is 0 Å². The van der Waals surface area contributed by atoms with Crippen LogP contribution in [0.4, 0.5) is 5.69 Å². The first-order valence-electron chi connectivity index (χ1n) is 7.82. The second kappa shape index (κ2) is 8.96. The van der Waals surface area contributed by atoms with E-state index in [1.165, 1.54) is 6.20 Å². The zero-order valence-electron chi connectivity index (χ0n) is 14.2. The van der Waals surface area contributed by atoms with E-state index in [0.29, 0.717) is 6.42 Å². The Morgan fingerprint density at radius 3 is 2.65 bits per heavy atom. The normalized spacial score (nSPS) is 12.7. The van der Waals surface area contributed by atoms with E-state index in [-0.39, 0.29) is 24.1 Å². The number of para-hydroxylation sites is 1. The highest BCUT2D eigenvalue weighted by Gasteiger charge is 2.15. The van der Waals surface area contributed by atoms with Crippen molar-refractivity contribution < 1.29 is 9.90 Å². The van der Waals surface area contributed by atoms with Gasteiger partial charge in [-0.2, -0.15) is 5.26 Å². The van der Waals surface area contributed by atoms with E-state index in [1.54, 1.807) is 0 Å². The molecule has 1 aromatic carbocycles. The lowest BCUT2D eigenvalue weighted by Crippen LogP contribution is -2.28. The fourth-order valence-electron chi connectivity index (χ4n) is 2.17. The number of rotatable bonds is 7. The minimum atomic E-state index is -0.455.